The standard InChI is InChI=1S/C19H17BrF3NO5/c1-27-6-7-28-17-4-2-13(19(21,22)23)9-15(17)24-18(26)11-29-16-5-3-14(20)8-12(16)10-25/h2-5,8-10H,6-7,11H2,1H3,(H,24,26). The van der Waals surface area contributed by atoms with E-state index >= 15 is 0 Å². The molecule has 0 aliphatic rings. The molecule has 0 spiro atoms. The van der Waals surface area contributed by atoms with E-state index in [1.165, 1.54) is 19.2 Å². The van der Waals surface area contributed by atoms with E-state index in [0.29, 0.717) is 10.8 Å². The molecule has 1 amide bonds. The van der Waals surface area contributed by atoms with Gasteiger partial charge in [-0.05, 0) is 36.4 Å². The zero-order valence-corrected chi connectivity index (χ0v) is 16.8. The van der Waals surface area contributed by atoms with Gasteiger partial charge in [0.25, 0.3) is 5.91 Å². The van der Waals surface area contributed by atoms with Crippen LogP contribution in [0.4, 0.5) is 18.9 Å². The van der Waals surface area contributed by atoms with E-state index in [1.54, 1.807) is 6.07 Å². The van der Waals surface area contributed by atoms with Crippen molar-refractivity contribution in [3.05, 3.63) is 52.0 Å². The Kier molecular flexibility index (Phi) is 8.03. The molecule has 156 valence electrons. The fourth-order valence-corrected chi connectivity index (χ4v) is 2.62. The second-order valence-corrected chi connectivity index (χ2v) is 6.60. The van der Waals surface area contributed by atoms with Gasteiger partial charge >= 0.3 is 6.18 Å². The highest BCUT2D eigenvalue weighted by Gasteiger charge is 2.31. The zero-order valence-electron chi connectivity index (χ0n) is 15.2. The monoisotopic (exact) mass is 475 g/mol. The minimum absolute atomic E-state index is 0.0561. The molecule has 0 aliphatic heterocycles. The maximum atomic E-state index is 13.0. The van der Waals surface area contributed by atoms with Crippen LogP contribution in [-0.4, -0.2) is 39.1 Å². The fraction of sp³-hybridized carbons (Fsp3) is 0.263. The smallest absolute Gasteiger partial charge is 0.416 e. The molecule has 0 unspecified atom stereocenters. The lowest BCUT2D eigenvalue weighted by Gasteiger charge is -2.15. The second kappa shape index (κ2) is 10.3. The van der Waals surface area contributed by atoms with Crippen LogP contribution in [0.3, 0.4) is 0 Å². The molecular weight excluding hydrogens is 459 g/mol. The van der Waals surface area contributed by atoms with Gasteiger partial charge in [-0.1, -0.05) is 15.9 Å². The van der Waals surface area contributed by atoms with E-state index in [9.17, 15) is 22.8 Å². The van der Waals surface area contributed by atoms with Crippen molar-refractivity contribution in [2.24, 2.45) is 0 Å². The first-order valence-electron chi connectivity index (χ1n) is 8.25. The summed E-state index contributed by atoms with van der Waals surface area (Å²) in [6.07, 6.45) is -4.02. The van der Waals surface area contributed by atoms with Gasteiger partial charge in [0.2, 0.25) is 0 Å². The third kappa shape index (κ3) is 6.75. The third-order valence-corrected chi connectivity index (χ3v) is 4.08. The van der Waals surface area contributed by atoms with Crippen molar-refractivity contribution in [2.75, 3.05) is 32.2 Å². The first-order valence-corrected chi connectivity index (χ1v) is 9.04. The van der Waals surface area contributed by atoms with Crippen molar-refractivity contribution >= 4 is 33.8 Å². The molecule has 0 aliphatic carbocycles. The summed E-state index contributed by atoms with van der Waals surface area (Å²) in [5.41, 5.74) is -0.880. The van der Waals surface area contributed by atoms with Crippen LogP contribution in [0.25, 0.3) is 0 Å². The van der Waals surface area contributed by atoms with E-state index in [2.05, 4.69) is 21.2 Å². The van der Waals surface area contributed by atoms with E-state index in [-0.39, 0.29) is 36.0 Å². The van der Waals surface area contributed by atoms with Crippen molar-refractivity contribution in [1.29, 1.82) is 0 Å². The topological polar surface area (TPSA) is 73.9 Å². The van der Waals surface area contributed by atoms with Crippen LogP contribution in [0.15, 0.2) is 40.9 Å². The van der Waals surface area contributed by atoms with Gasteiger partial charge in [-0.3, -0.25) is 9.59 Å². The predicted octanol–water partition coefficient (Wildman–Crippen LogP) is 4.32. The van der Waals surface area contributed by atoms with Gasteiger partial charge in [-0.25, -0.2) is 0 Å². The maximum Gasteiger partial charge on any atom is 0.416 e. The van der Waals surface area contributed by atoms with Crippen molar-refractivity contribution in [1.82, 2.24) is 0 Å². The number of anilines is 1. The van der Waals surface area contributed by atoms with Crippen molar-refractivity contribution in [3.63, 3.8) is 0 Å². The summed E-state index contributed by atoms with van der Waals surface area (Å²) in [6, 6.07) is 7.37. The number of methoxy groups -OCH3 is 1. The van der Waals surface area contributed by atoms with Crippen LogP contribution in [-0.2, 0) is 15.7 Å². The number of benzene rings is 2. The van der Waals surface area contributed by atoms with Crippen LogP contribution in [0.2, 0.25) is 0 Å². The molecule has 2 aromatic carbocycles. The van der Waals surface area contributed by atoms with Gasteiger partial charge in [0.1, 0.15) is 18.1 Å². The van der Waals surface area contributed by atoms with Crippen molar-refractivity contribution in [3.8, 4) is 11.5 Å². The van der Waals surface area contributed by atoms with E-state index in [4.69, 9.17) is 14.2 Å². The summed E-state index contributed by atoms with van der Waals surface area (Å²) in [6.45, 7) is -0.214. The number of amides is 1. The summed E-state index contributed by atoms with van der Waals surface area (Å²) < 4.78 is 55.1. The third-order valence-electron chi connectivity index (χ3n) is 3.58. The Balaban J connectivity index is 2.13. The molecule has 2 aromatic rings. The lowest BCUT2D eigenvalue weighted by atomic mass is 10.1. The number of carbonyl (C=O) groups excluding carboxylic acids is 2. The number of hydrogen-bond acceptors (Lipinski definition) is 5. The first-order chi connectivity index (χ1) is 13.7. The molecule has 0 heterocycles. The largest absolute Gasteiger partial charge is 0.489 e. The number of hydrogen-bond donors (Lipinski definition) is 1. The SMILES string of the molecule is COCCOc1ccc(C(F)(F)F)cc1NC(=O)COc1ccc(Br)cc1C=O. The number of halogens is 4. The van der Waals surface area contributed by atoms with Gasteiger partial charge in [0.15, 0.2) is 12.9 Å². The summed E-state index contributed by atoms with van der Waals surface area (Å²) in [4.78, 5) is 23.3. The number of nitrogens with one attached hydrogen (secondary N) is 1. The molecule has 0 fully saturated rings. The van der Waals surface area contributed by atoms with Gasteiger partial charge in [0.05, 0.1) is 23.4 Å². The van der Waals surface area contributed by atoms with E-state index < -0.39 is 24.3 Å². The Morgan fingerprint density at radius 3 is 2.48 bits per heavy atom. The van der Waals surface area contributed by atoms with Gasteiger partial charge in [-0.15, -0.1) is 0 Å². The molecule has 0 saturated heterocycles. The average Bonchev–Trinajstić information content (AvgIpc) is 2.67. The number of alkyl halides is 3. The van der Waals surface area contributed by atoms with Gasteiger partial charge < -0.3 is 19.5 Å². The average molecular weight is 476 g/mol. The number of aldehydes is 1. The van der Waals surface area contributed by atoms with E-state index in [0.717, 1.165) is 18.2 Å². The summed E-state index contributed by atoms with van der Waals surface area (Å²) >= 11 is 3.21. The Labute approximate surface area is 173 Å². The highest BCUT2D eigenvalue weighted by Crippen LogP contribution is 2.35. The summed E-state index contributed by atoms with van der Waals surface area (Å²) in [5, 5.41) is 2.34. The quantitative estimate of drug-likeness (QED) is 0.431. The first kappa shape index (κ1) is 22.7. The Bertz CT molecular complexity index is 873. The molecule has 0 bridgehead atoms. The van der Waals surface area contributed by atoms with Crippen LogP contribution in [0.1, 0.15) is 15.9 Å². The van der Waals surface area contributed by atoms with Crippen LogP contribution >= 0.6 is 15.9 Å². The molecule has 0 atom stereocenters. The molecule has 2 rings (SSSR count). The highest BCUT2D eigenvalue weighted by molar-refractivity contribution is 9.10. The minimum Gasteiger partial charge on any atom is -0.489 e. The number of rotatable bonds is 9. The molecule has 0 aromatic heterocycles. The normalized spacial score (nSPS) is 11.1. The summed E-state index contributed by atoms with van der Waals surface area (Å²) in [5.74, 6) is -0.500. The molecule has 10 heteroatoms. The highest BCUT2D eigenvalue weighted by atomic mass is 79.9. The molecular formula is C19H17BrF3NO5. The molecule has 6 nitrogen and oxygen atoms in total. The number of carbonyl (C=O) groups is 2. The summed E-state index contributed by atoms with van der Waals surface area (Å²) in [7, 11) is 1.45. The molecule has 0 radical (unpaired) electrons. The van der Waals surface area contributed by atoms with Crippen LogP contribution < -0.4 is 14.8 Å². The van der Waals surface area contributed by atoms with Gasteiger partial charge in [-0.2, -0.15) is 13.2 Å². The lowest BCUT2D eigenvalue weighted by Crippen LogP contribution is -2.21. The maximum absolute atomic E-state index is 13.0. The molecule has 29 heavy (non-hydrogen) atoms. The van der Waals surface area contributed by atoms with Crippen LogP contribution in [0, 0.1) is 0 Å². The Hall–Kier alpha value is -2.59. The molecule has 0 saturated carbocycles. The van der Waals surface area contributed by atoms with Crippen molar-refractivity contribution < 1.29 is 37.0 Å². The Morgan fingerprint density at radius 2 is 1.83 bits per heavy atom. The molecule has 1 N–H and O–H groups in total. The fourth-order valence-electron chi connectivity index (χ4n) is 2.24. The van der Waals surface area contributed by atoms with Crippen molar-refractivity contribution in [2.45, 2.75) is 6.18 Å². The predicted molar refractivity (Wildman–Crippen MR) is 102 cm³/mol. The Morgan fingerprint density at radius 1 is 1.10 bits per heavy atom. The van der Waals surface area contributed by atoms with E-state index in [1.807, 2.05) is 0 Å². The second-order valence-electron chi connectivity index (χ2n) is 5.69. The number of ether oxygens (including phenoxy) is 3. The zero-order chi connectivity index (χ0) is 21.4. The minimum atomic E-state index is -4.59. The van der Waals surface area contributed by atoms with Gasteiger partial charge in [0, 0.05) is 11.6 Å². The van der Waals surface area contributed by atoms with Crippen LogP contribution in [0.5, 0.6) is 11.5 Å². The lowest BCUT2D eigenvalue weighted by molar-refractivity contribution is -0.137.